The molecule has 116 valence electrons. The molecule has 0 aromatic heterocycles. The number of aliphatic carboxylic acids is 1. The van der Waals surface area contributed by atoms with Gasteiger partial charge in [0.2, 0.25) is 0 Å². The Hall–Kier alpha value is -1.30. The highest BCUT2D eigenvalue weighted by Crippen LogP contribution is 2.23. The van der Waals surface area contributed by atoms with Crippen molar-refractivity contribution in [2.24, 2.45) is 5.41 Å². The number of urea groups is 1. The third kappa shape index (κ3) is 4.10. The molecule has 0 spiro atoms. The molecule has 0 aromatic carbocycles. The lowest BCUT2D eigenvalue weighted by atomic mass is 9.87. The van der Waals surface area contributed by atoms with Crippen LogP contribution in [0.3, 0.4) is 0 Å². The summed E-state index contributed by atoms with van der Waals surface area (Å²) < 4.78 is 0. The number of carbonyl (C=O) groups is 2. The van der Waals surface area contributed by atoms with Gasteiger partial charge in [0.05, 0.1) is 12.1 Å². The quantitative estimate of drug-likeness (QED) is 0.732. The first-order valence-electron chi connectivity index (χ1n) is 7.08. The van der Waals surface area contributed by atoms with E-state index in [1.54, 1.807) is 27.8 Å². The molecule has 3 N–H and O–H groups in total. The Labute approximate surface area is 120 Å². The van der Waals surface area contributed by atoms with Gasteiger partial charge in [0.25, 0.3) is 0 Å². The van der Waals surface area contributed by atoms with Gasteiger partial charge < -0.3 is 20.4 Å². The fourth-order valence-corrected chi connectivity index (χ4v) is 2.57. The van der Waals surface area contributed by atoms with Crippen molar-refractivity contribution in [3.05, 3.63) is 0 Å². The molecule has 0 aliphatic heterocycles. The van der Waals surface area contributed by atoms with Gasteiger partial charge in [-0.1, -0.05) is 33.6 Å². The van der Waals surface area contributed by atoms with Gasteiger partial charge in [-0.3, -0.25) is 0 Å². The predicted octanol–water partition coefficient (Wildman–Crippen LogP) is 1.43. The molecule has 1 saturated carbocycles. The second-order valence-electron chi connectivity index (χ2n) is 6.62. The van der Waals surface area contributed by atoms with Crippen molar-refractivity contribution in [1.82, 2.24) is 10.2 Å². The molecule has 1 aliphatic rings. The standard InChI is InChI=1S/C14H26N2O4/c1-14(2,3)11(12(18)19)15-13(20)16(4)9-7-5-6-8-10(9)17/h9-11,17H,5-8H2,1-4H3,(H,15,20)(H,18,19)/t9?,10?,11-/m1/s1. The molecule has 2 amide bonds. The fraction of sp³-hybridized carbons (Fsp3) is 0.857. The molecule has 6 heteroatoms. The summed E-state index contributed by atoms with van der Waals surface area (Å²) in [6.45, 7) is 5.30. The van der Waals surface area contributed by atoms with Crippen molar-refractivity contribution in [3.8, 4) is 0 Å². The third-order valence-corrected chi connectivity index (χ3v) is 3.89. The van der Waals surface area contributed by atoms with Crippen LogP contribution in [0.1, 0.15) is 46.5 Å². The largest absolute Gasteiger partial charge is 0.480 e. The number of nitrogens with zero attached hydrogens (tertiary/aromatic N) is 1. The maximum atomic E-state index is 12.2. The van der Waals surface area contributed by atoms with Crippen LogP contribution in [0.25, 0.3) is 0 Å². The number of rotatable bonds is 3. The Bertz CT molecular complexity index is 365. The summed E-state index contributed by atoms with van der Waals surface area (Å²) in [6.07, 6.45) is 2.84. The average Bonchev–Trinajstić information content (AvgIpc) is 2.33. The topological polar surface area (TPSA) is 89.9 Å². The van der Waals surface area contributed by atoms with Crippen molar-refractivity contribution in [1.29, 1.82) is 0 Å². The lowest BCUT2D eigenvalue weighted by Crippen LogP contribution is -2.56. The van der Waals surface area contributed by atoms with Crippen molar-refractivity contribution < 1.29 is 19.8 Å². The van der Waals surface area contributed by atoms with Crippen molar-refractivity contribution >= 4 is 12.0 Å². The Kier molecular flexibility index (Phi) is 5.39. The molecule has 3 atom stereocenters. The number of likely N-dealkylation sites (N-methyl/N-ethyl adjacent to an activating group) is 1. The van der Waals surface area contributed by atoms with Gasteiger partial charge in [0.1, 0.15) is 6.04 Å². The molecule has 0 heterocycles. The van der Waals surface area contributed by atoms with Gasteiger partial charge >= 0.3 is 12.0 Å². The summed E-state index contributed by atoms with van der Waals surface area (Å²) in [5.41, 5.74) is -0.576. The Morgan fingerprint density at radius 3 is 2.25 bits per heavy atom. The number of hydrogen-bond donors (Lipinski definition) is 3. The Balaban J connectivity index is 2.71. The van der Waals surface area contributed by atoms with Crippen LogP contribution in [-0.4, -0.2) is 52.3 Å². The summed E-state index contributed by atoms with van der Waals surface area (Å²) in [6, 6.07) is -1.64. The van der Waals surface area contributed by atoms with E-state index in [9.17, 15) is 19.8 Å². The zero-order valence-electron chi connectivity index (χ0n) is 12.7. The van der Waals surface area contributed by atoms with Gasteiger partial charge in [0, 0.05) is 7.05 Å². The molecule has 0 aromatic rings. The average molecular weight is 286 g/mol. The van der Waals surface area contributed by atoms with E-state index in [-0.39, 0.29) is 6.04 Å². The molecule has 1 fully saturated rings. The number of aliphatic hydroxyl groups is 1. The fourth-order valence-electron chi connectivity index (χ4n) is 2.57. The monoisotopic (exact) mass is 286 g/mol. The molecule has 20 heavy (non-hydrogen) atoms. The minimum Gasteiger partial charge on any atom is -0.480 e. The van der Waals surface area contributed by atoms with E-state index >= 15 is 0 Å². The lowest BCUT2D eigenvalue weighted by molar-refractivity contribution is -0.142. The number of carbonyl (C=O) groups excluding carboxylic acids is 1. The maximum absolute atomic E-state index is 12.2. The number of carboxylic acid groups (broad SMARTS) is 1. The summed E-state index contributed by atoms with van der Waals surface area (Å²) in [5, 5.41) is 21.7. The smallest absolute Gasteiger partial charge is 0.326 e. The van der Waals surface area contributed by atoms with Gasteiger partial charge in [-0.2, -0.15) is 0 Å². The van der Waals surface area contributed by atoms with Crippen LogP contribution in [-0.2, 0) is 4.79 Å². The van der Waals surface area contributed by atoms with E-state index in [0.29, 0.717) is 6.42 Å². The molecular weight excluding hydrogens is 260 g/mol. The SMILES string of the molecule is CN(C(=O)N[C@H](C(=O)O)C(C)(C)C)C1CCCCC1O. The zero-order valence-corrected chi connectivity index (χ0v) is 12.7. The van der Waals surface area contributed by atoms with Crippen LogP contribution >= 0.6 is 0 Å². The molecule has 2 unspecified atom stereocenters. The second kappa shape index (κ2) is 6.43. The first kappa shape index (κ1) is 16.8. The molecular formula is C14H26N2O4. The lowest BCUT2D eigenvalue weighted by Gasteiger charge is -2.37. The number of amides is 2. The van der Waals surface area contributed by atoms with Crippen molar-refractivity contribution in [2.75, 3.05) is 7.05 Å². The predicted molar refractivity (Wildman–Crippen MR) is 75.4 cm³/mol. The first-order chi connectivity index (χ1) is 9.14. The van der Waals surface area contributed by atoms with E-state index in [1.807, 2.05) is 0 Å². The van der Waals surface area contributed by atoms with E-state index in [2.05, 4.69) is 5.32 Å². The third-order valence-electron chi connectivity index (χ3n) is 3.89. The summed E-state index contributed by atoms with van der Waals surface area (Å²) in [4.78, 5) is 24.9. The van der Waals surface area contributed by atoms with E-state index < -0.39 is 29.6 Å². The molecule has 0 radical (unpaired) electrons. The van der Waals surface area contributed by atoms with Crippen LogP contribution in [0, 0.1) is 5.41 Å². The number of nitrogens with one attached hydrogen (secondary N) is 1. The number of carboxylic acids is 1. The van der Waals surface area contributed by atoms with Crippen LogP contribution in [0.4, 0.5) is 4.79 Å². The van der Waals surface area contributed by atoms with E-state index in [1.165, 1.54) is 4.90 Å². The molecule has 1 rings (SSSR count). The highest BCUT2D eigenvalue weighted by molar-refractivity contribution is 5.83. The van der Waals surface area contributed by atoms with E-state index in [0.717, 1.165) is 19.3 Å². The van der Waals surface area contributed by atoms with Crippen LogP contribution in [0.2, 0.25) is 0 Å². The summed E-state index contributed by atoms with van der Waals surface area (Å²) in [7, 11) is 1.61. The van der Waals surface area contributed by atoms with Gasteiger partial charge in [-0.15, -0.1) is 0 Å². The van der Waals surface area contributed by atoms with Crippen LogP contribution < -0.4 is 5.32 Å². The maximum Gasteiger partial charge on any atom is 0.326 e. The van der Waals surface area contributed by atoms with Gasteiger partial charge in [0.15, 0.2) is 0 Å². The second-order valence-corrected chi connectivity index (χ2v) is 6.62. The van der Waals surface area contributed by atoms with Crippen LogP contribution in [0.15, 0.2) is 0 Å². The molecule has 6 nitrogen and oxygen atoms in total. The molecule has 0 bridgehead atoms. The Morgan fingerprint density at radius 1 is 1.25 bits per heavy atom. The highest BCUT2D eigenvalue weighted by Gasteiger charge is 2.35. The van der Waals surface area contributed by atoms with E-state index in [4.69, 9.17) is 0 Å². The summed E-state index contributed by atoms with van der Waals surface area (Å²) >= 11 is 0. The zero-order chi connectivity index (χ0) is 15.5. The molecule has 0 saturated heterocycles. The normalized spacial score (nSPS) is 24.9. The number of hydrogen-bond acceptors (Lipinski definition) is 3. The van der Waals surface area contributed by atoms with Gasteiger partial charge in [-0.05, 0) is 18.3 Å². The minimum atomic E-state index is -1.05. The summed E-state index contributed by atoms with van der Waals surface area (Å²) in [5.74, 6) is -1.05. The van der Waals surface area contributed by atoms with Crippen molar-refractivity contribution in [3.63, 3.8) is 0 Å². The minimum absolute atomic E-state index is 0.238. The van der Waals surface area contributed by atoms with Crippen molar-refractivity contribution in [2.45, 2.75) is 64.6 Å². The highest BCUT2D eigenvalue weighted by atomic mass is 16.4. The Morgan fingerprint density at radius 2 is 1.80 bits per heavy atom. The molecule has 1 aliphatic carbocycles. The van der Waals surface area contributed by atoms with Crippen LogP contribution in [0.5, 0.6) is 0 Å². The first-order valence-corrected chi connectivity index (χ1v) is 7.08. The number of aliphatic hydroxyl groups excluding tert-OH is 1. The van der Waals surface area contributed by atoms with Gasteiger partial charge in [-0.25, -0.2) is 9.59 Å².